The van der Waals surface area contributed by atoms with Gasteiger partial charge in [0.05, 0.1) is 5.56 Å². The van der Waals surface area contributed by atoms with Crippen LogP contribution < -0.4 is 5.32 Å². The van der Waals surface area contributed by atoms with Crippen LogP contribution in [0.3, 0.4) is 0 Å². The van der Waals surface area contributed by atoms with E-state index >= 15 is 0 Å². The van der Waals surface area contributed by atoms with E-state index in [1.165, 1.54) is 23.5 Å². The summed E-state index contributed by atoms with van der Waals surface area (Å²) >= 11 is 4.35. The summed E-state index contributed by atoms with van der Waals surface area (Å²) in [4.78, 5) is 27.2. The van der Waals surface area contributed by atoms with Crippen LogP contribution in [0.4, 0.5) is 13.2 Å². The van der Waals surface area contributed by atoms with Gasteiger partial charge in [-0.25, -0.2) is 0 Å². The minimum Gasteiger partial charge on any atom is -0.350 e. The number of aryl methyl sites for hydroxylation is 2. The summed E-state index contributed by atoms with van der Waals surface area (Å²) in [7, 11) is 0. The number of carbonyl (C=O) groups is 2. The molecule has 1 aromatic heterocycles. The summed E-state index contributed by atoms with van der Waals surface area (Å²) in [6.07, 6.45) is -2.27. The van der Waals surface area contributed by atoms with Crippen molar-refractivity contribution in [2.45, 2.75) is 57.4 Å². The summed E-state index contributed by atoms with van der Waals surface area (Å²) in [6.45, 7) is 1.81. The van der Waals surface area contributed by atoms with Gasteiger partial charge >= 0.3 is 6.18 Å². The predicted molar refractivity (Wildman–Crippen MR) is 111 cm³/mol. The Kier molecular flexibility index (Phi) is 6.08. The third-order valence-corrected chi connectivity index (χ3v) is 7.21. The van der Waals surface area contributed by atoms with Crippen LogP contribution >= 0.6 is 27.3 Å². The van der Waals surface area contributed by atoms with Gasteiger partial charge < -0.3 is 10.2 Å². The highest BCUT2D eigenvalue weighted by Gasteiger charge is 2.55. The van der Waals surface area contributed by atoms with Crippen LogP contribution in [0.15, 0.2) is 22.7 Å². The zero-order chi connectivity index (χ0) is 22.3. The number of fused-ring (bicyclic) bond motifs is 1. The zero-order valence-corrected chi connectivity index (χ0v) is 19.0. The highest BCUT2D eigenvalue weighted by atomic mass is 79.9. The van der Waals surface area contributed by atoms with Crippen molar-refractivity contribution in [3.05, 3.63) is 43.8 Å². The molecule has 11 heteroatoms. The van der Waals surface area contributed by atoms with E-state index in [2.05, 4.69) is 31.4 Å². The second-order valence-corrected chi connectivity index (χ2v) is 9.98. The number of carbonyl (C=O) groups excluding carboxylic acids is 2. The highest BCUT2D eigenvalue weighted by Crippen LogP contribution is 2.48. The minimum absolute atomic E-state index is 0.0346. The number of likely N-dealkylation sites (tertiary alicyclic amines) is 1. The Morgan fingerprint density at radius 1 is 1.29 bits per heavy atom. The quantitative estimate of drug-likeness (QED) is 0.632. The summed E-state index contributed by atoms with van der Waals surface area (Å²) in [5.41, 5.74) is -0.443. The Morgan fingerprint density at radius 2 is 2.06 bits per heavy atom. The van der Waals surface area contributed by atoms with Crippen molar-refractivity contribution in [1.29, 1.82) is 0 Å². The molecule has 0 spiro atoms. The monoisotopic (exact) mass is 516 g/mol. The van der Waals surface area contributed by atoms with Gasteiger partial charge in [0.1, 0.15) is 16.1 Å². The van der Waals surface area contributed by atoms with Crippen molar-refractivity contribution >= 4 is 39.1 Å². The van der Waals surface area contributed by atoms with E-state index in [0.29, 0.717) is 24.3 Å². The standard InChI is InChI=1S/C20H20BrF3N4O2S/c1-10-26-27-17(31-10)4-5-18(29)28-15-7-12(15)8-16(28)19(30)25-9-11-2-3-14(21)13(6-11)20(22,23)24/h2-3,6,12,15-16H,4-5,7-9H2,1H3,(H,25,30)/t12-,15-,16-/m1/s1. The number of hydrogen-bond donors (Lipinski definition) is 1. The smallest absolute Gasteiger partial charge is 0.350 e. The SMILES string of the molecule is Cc1nnc(CCC(=O)N2[C@@H](C(=O)NCc3ccc(Br)c(C(F)(F)F)c3)C[C@H]3C[C@H]32)s1. The molecule has 0 unspecified atom stereocenters. The van der Waals surface area contributed by atoms with Crippen molar-refractivity contribution in [3.63, 3.8) is 0 Å². The van der Waals surface area contributed by atoms with Crippen LogP contribution in [0.2, 0.25) is 0 Å². The predicted octanol–water partition coefficient (Wildman–Crippen LogP) is 3.87. The molecule has 1 saturated carbocycles. The molecule has 6 nitrogen and oxygen atoms in total. The van der Waals surface area contributed by atoms with Crippen molar-refractivity contribution in [2.75, 3.05) is 0 Å². The molecule has 4 rings (SSSR count). The number of benzene rings is 1. The number of amides is 2. The second-order valence-electron chi connectivity index (χ2n) is 7.86. The van der Waals surface area contributed by atoms with Crippen molar-refractivity contribution in [2.24, 2.45) is 5.92 Å². The van der Waals surface area contributed by atoms with Gasteiger partial charge in [0, 0.05) is 29.9 Å². The molecule has 1 aliphatic heterocycles. The Hall–Kier alpha value is -2.01. The maximum absolute atomic E-state index is 13.1. The van der Waals surface area contributed by atoms with E-state index in [1.807, 2.05) is 6.92 Å². The van der Waals surface area contributed by atoms with Gasteiger partial charge in [0.15, 0.2) is 0 Å². The number of aromatic nitrogens is 2. The Labute approximate surface area is 189 Å². The van der Waals surface area contributed by atoms with Gasteiger partial charge in [0.25, 0.3) is 0 Å². The molecule has 31 heavy (non-hydrogen) atoms. The fourth-order valence-corrected chi connectivity index (χ4v) is 5.22. The highest BCUT2D eigenvalue weighted by molar-refractivity contribution is 9.10. The molecule has 2 heterocycles. The van der Waals surface area contributed by atoms with E-state index in [4.69, 9.17) is 0 Å². The first-order valence-electron chi connectivity index (χ1n) is 9.87. The molecule has 1 saturated heterocycles. The van der Waals surface area contributed by atoms with E-state index < -0.39 is 17.8 Å². The molecule has 1 aliphatic carbocycles. The van der Waals surface area contributed by atoms with Crippen LogP contribution in [-0.4, -0.2) is 39.0 Å². The van der Waals surface area contributed by atoms with Gasteiger partial charge in [-0.15, -0.1) is 21.5 Å². The number of hydrogen-bond acceptors (Lipinski definition) is 5. The number of nitrogens with one attached hydrogen (secondary N) is 1. The molecule has 1 aromatic carbocycles. The molecular weight excluding hydrogens is 497 g/mol. The Bertz CT molecular complexity index is 1010. The first kappa shape index (κ1) is 22.2. The Balaban J connectivity index is 1.37. The van der Waals surface area contributed by atoms with Crippen LogP contribution in [0, 0.1) is 12.8 Å². The van der Waals surface area contributed by atoms with Crippen molar-refractivity contribution < 1.29 is 22.8 Å². The van der Waals surface area contributed by atoms with Gasteiger partial charge in [-0.05, 0) is 43.4 Å². The van der Waals surface area contributed by atoms with Crippen LogP contribution in [0.5, 0.6) is 0 Å². The van der Waals surface area contributed by atoms with Crippen molar-refractivity contribution in [1.82, 2.24) is 20.4 Å². The average molecular weight is 517 g/mol. The zero-order valence-electron chi connectivity index (χ0n) is 16.6. The normalized spacial score (nSPS) is 22.4. The van der Waals surface area contributed by atoms with Gasteiger partial charge in [-0.2, -0.15) is 13.2 Å². The van der Waals surface area contributed by atoms with E-state index in [-0.39, 0.29) is 35.3 Å². The van der Waals surface area contributed by atoms with E-state index in [1.54, 1.807) is 4.90 Å². The fraction of sp³-hybridized carbons (Fsp3) is 0.500. The second kappa shape index (κ2) is 8.50. The van der Waals surface area contributed by atoms with Gasteiger partial charge in [0.2, 0.25) is 11.8 Å². The first-order chi connectivity index (χ1) is 14.6. The largest absolute Gasteiger partial charge is 0.417 e. The third-order valence-electron chi connectivity index (χ3n) is 5.62. The molecule has 0 bridgehead atoms. The number of nitrogens with zero attached hydrogens (tertiary/aromatic N) is 3. The van der Waals surface area contributed by atoms with E-state index in [9.17, 15) is 22.8 Å². The number of alkyl halides is 3. The molecule has 0 radical (unpaired) electrons. The molecule has 2 amide bonds. The van der Waals surface area contributed by atoms with Crippen LogP contribution in [0.1, 0.15) is 40.4 Å². The molecule has 2 aromatic rings. The molecule has 3 atom stereocenters. The molecule has 2 fully saturated rings. The van der Waals surface area contributed by atoms with Crippen LogP contribution in [-0.2, 0) is 28.7 Å². The minimum atomic E-state index is -4.49. The molecular formula is C20H20BrF3N4O2S. The van der Waals surface area contributed by atoms with Gasteiger partial charge in [-0.3, -0.25) is 9.59 Å². The maximum atomic E-state index is 13.1. The lowest BCUT2D eigenvalue weighted by atomic mass is 10.1. The summed E-state index contributed by atoms with van der Waals surface area (Å²) in [6, 6.07) is 3.37. The van der Waals surface area contributed by atoms with Gasteiger partial charge in [-0.1, -0.05) is 22.0 Å². The van der Waals surface area contributed by atoms with Crippen LogP contribution in [0.25, 0.3) is 0 Å². The average Bonchev–Trinajstić information content (AvgIpc) is 3.16. The topological polar surface area (TPSA) is 75.2 Å². The Morgan fingerprint density at radius 3 is 2.74 bits per heavy atom. The van der Waals surface area contributed by atoms with E-state index in [0.717, 1.165) is 22.5 Å². The number of piperidine rings is 1. The molecule has 2 aliphatic rings. The summed E-state index contributed by atoms with van der Waals surface area (Å²) in [5.74, 6) is -0.0993. The molecule has 166 valence electrons. The number of rotatable bonds is 6. The number of halogens is 4. The lowest BCUT2D eigenvalue weighted by Gasteiger charge is -2.27. The summed E-state index contributed by atoms with van der Waals surface area (Å²) in [5, 5.41) is 12.3. The third kappa shape index (κ3) is 4.92. The molecule has 1 N–H and O–H groups in total. The lowest BCUT2D eigenvalue weighted by Crippen LogP contribution is -2.47. The maximum Gasteiger partial charge on any atom is 0.417 e. The fourth-order valence-electron chi connectivity index (χ4n) is 4.04. The first-order valence-corrected chi connectivity index (χ1v) is 11.5. The lowest BCUT2D eigenvalue weighted by molar-refractivity contribution is -0.139. The van der Waals surface area contributed by atoms with Crippen molar-refractivity contribution in [3.8, 4) is 0 Å². The summed E-state index contributed by atoms with van der Waals surface area (Å²) < 4.78 is 39.2.